The molecule has 2 aromatic carbocycles. The number of ketones is 1. The van der Waals surface area contributed by atoms with Crippen molar-refractivity contribution in [3.05, 3.63) is 65.7 Å². The van der Waals surface area contributed by atoms with Gasteiger partial charge in [-0.2, -0.15) is 0 Å². The standard InChI is InChI=1S/C22H23NO3/c1-22(2)13-18(23-16-9-11-17(26-3)12-10-16)20(19(24)14-22)21(25)15-7-5-4-6-8-15/h4-12,25H,13-14H2,1-3H3/b21-20+,23-18?. The number of allylic oxidation sites excluding steroid dienone is 1. The first kappa shape index (κ1) is 17.9. The summed E-state index contributed by atoms with van der Waals surface area (Å²) in [7, 11) is 1.61. The van der Waals surface area contributed by atoms with Crippen molar-refractivity contribution in [1.82, 2.24) is 0 Å². The summed E-state index contributed by atoms with van der Waals surface area (Å²) in [6.45, 7) is 4.09. The van der Waals surface area contributed by atoms with Gasteiger partial charge in [0, 0.05) is 12.0 Å². The topological polar surface area (TPSA) is 58.9 Å². The molecule has 0 atom stereocenters. The van der Waals surface area contributed by atoms with Gasteiger partial charge in [0.05, 0.1) is 24.1 Å². The van der Waals surface area contributed by atoms with Gasteiger partial charge >= 0.3 is 0 Å². The van der Waals surface area contributed by atoms with Crippen LogP contribution in [0.5, 0.6) is 5.75 Å². The maximum atomic E-state index is 12.8. The van der Waals surface area contributed by atoms with Crippen LogP contribution in [0.1, 0.15) is 32.3 Å². The third-order valence-electron chi connectivity index (χ3n) is 4.47. The quantitative estimate of drug-likeness (QED) is 0.617. The Kier molecular flexibility index (Phi) is 4.94. The van der Waals surface area contributed by atoms with Crippen LogP contribution in [-0.2, 0) is 4.79 Å². The number of aliphatic hydroxyl groups is 1. The monoisotopic (exact) mass is 349 g/mol. The maximum Gasteiger partial charge on any atom is 0.169 e. The Bertz CT molecular complexity index is 862. The molecule has 1 aliphatic carbocycles. The molecule has 0 unspecified atom stereocenters. The number of ether oxygens (including phenoxy) is 1. The lowest BCUT2D eigenvalue weighted by Crippen LogP contribution is -2.32. The average Bonchev–Trinajstić information content (AvgIpc) is 2.61. The summed E-state index contributed by atoms with van der Waals surface area (Å²) in [4.78, 5) is 17.5. The lowest BCUT2D eigenvalue weighted by Gasteiger charge is -2.31. The van der Waals surface area contributed by atoms with E-state index < -0.39 is 0 Å². The zero-order valence-electron chi connectivity index (χ0n) is 15.3. The fourth-order valence-electron chi connectivity index (χ4n) is 3.21. The third-order valence-corrected chi connectivity index (χ3v) is 4.47. The fourth-order valence-corrected chi connectivity index (χ4v) is 3.21. The van der Waals surface area contributed by atoms with E-state index in [0.29, 0.717) is 29.7 Å². The van der Waals surface area contributed by atoms with Crippen molar-refractivity contribution >= 4 is 22.9 Å². The van der Waals surface area contributed by atoms with E-state index in [4.69, 9.17) is 4.74 Å². The molecule has 4 nitrogen and oxygen atoms in total. The number of nitrogens with zero attached hydrogens (tertiary/aromatic N) is 1. The molecular weight excluding hydrogens is 326 g/mol. The lowest BCUT2D eigenvalue weighted by atomic mass is 9.73. The van der Waals surface area contributed by atoms with Gasteiger partial charge in [0.1, 0.15) is 11.5 Å². The third kappa shape index (κ3) is 3.85. The summed E-state index contributed by atoms with van der Waals surface area (Å²) in [5.41, 5.74) is 2.11. The van der Waals surface area contributed by atoms with E-state index in [9.17, 15) is 9.90 Å². The molecule has 1 aliphatic rings. The highest BCUT2D eigenvalue weighted by Crippen LogP contribution is 2.37. The number of Topliss-reactive ketones (excluding diaryl/α,β-unsaturated/α-hetero) is 1. The first-order chi connectivity index (χ1) is 12.4. The molecular formula is C22H23NO3. The van der Waals surface area contributed by atoms with Gasteiger partial charge < -0.3 is 9.84 Å². The number of hydrogen-bond acceptors (Lipinski definition) is 4. The minimum atomic E-state index is -0.192. The first-order valence-electron chi connectivity index (χ1n) is 8.63. The second kappa shape index (κ2) is 7.16. The predicted octanol–water partition coefficient (Wildman–Crippen LogP) is 5.13. The Morgan fingerprint density at radius 3 is 2.31 bits per heavy atom. The highest BCUT2D eigenvalue weighted by atomic mass is 16.5. The molecule has 4 heteroatoms. The van der Waals surface area contributed by atoms with E-state index in [1.165, 1.54) is 0 Å². The molecule has 2 aromatic rings. The Morgan fingerprint density at radius 1 is 1.04 bits per heavy atom. The van der Waals surface area contributed by atoms with E-state index >= 15 is 0 Å². The maximum absolute atomic E-state index is 12.8. The number of aliphatic imine (C=N–C) groups is 1. The molecule has 1 N–H and O–H groups in total. The molecule has 134 valence electrons. The molecule has 26 heavy (non-hydrogen) atoms. The van der Waals surface area contributed by atoms with E-state index in [0.717, 1.165) is 11.4 Å². The second-order valence-corrected chi connectivity index (χ2v) is 7.29. The predicted molar refractivity (Wildman–Crippen MR) is 104 cm³/mol. The van der Waals surface area contributed by atoms with Crippen LogP contribution in [0, 0.1) is 5.41 Å². The van der Waals surface area contributed by atoms with E-state index in [1.54, 1.807) is 19.2 Å². The van der Waals surface area contributed by atoms with Gasteiger partial charge in [-0.1, -0.05) is 44.2 Å². The molecule has 0 radical (unpaired) electrons. The molecule has 1 fully saturated rings. The molecule has 0 saturated heterocycles. The van der Waals surface area contributed by atoms with Gasteiger partial charge in [-0.05, 0) is 36.1 Å². The zero-order chi connectivity index (χ0) is 18.7. The molecule has 0 heterocycles. The summed E-state index contributed by atoms with van der Waals surface area (Å²) in [6, 6.07) is 16.5. The number of rotatable bonds is 3. The van der Waals surface area contributed by atoms with Crippen LogP contribution in [0.3, 0.4) is 0 Å². The van der Waals surface area contributed by atoms with Crippen LogP contribution in [0.2, 0.25) is 0 Å². The summed E-state index contributed by atoms with van der Waals surface area (Å²) in [5.74, 6) is 0.671. The molecule has 0 aromatic heterocycles. The van der Waals surface area contributed by atoms with E-state index in [1.807, 2.05) is 56.3 Å². The van der Waals surface area contributed by atoms with Crippen molar-refractivity contribution in [2.24, 2.45) is 10.4 Å². The Labute approximate surface area is 153 Å². The highest BCUT2D eigenvalue weighted by molar-refractivity contribution is 6.28. The molecule has 1 saturated carbocycles. The summed E-state index contributed by atoms with van der Waals surface area (Å²) < 4.78 is 5.17. The minimum absolute atomic E-state index is 0.00152. The van der Waals surface area contributed by atoms with Gasteiger partial charge in [0.15, 0.2) is 5.78 Å². The molecule has 0 amide bonds. The molecule has 0 aliphatic heterocycles. The minimum Gasteiger partial charge on any atom is -0.506 e. The van der Waals surface area contributed by atoms with Gasteiger partial charge in [-0.25, -0.2) is 0 Å². The van der Waals surface area contributed by atoms with Crippen molar-refractivity contribution in [2.45, 2.75) is 26.7 Å². The van der Waals surface area contributed by atoms with Crippen LogP contribution >= 0.6 is 0 Å². The number of carbonyl (C=O) groups is 1. The largest absolute Gasteiger partial charge is 0.506 e. The number of benzene rings is 2. The Morgan fingerprint density at radius 2 is 1.69 bits per heavy atom. The number of aliphatic hydroxyl groups excluding tert-OH is 1. The van der Waals surface area contributed by atoms with Crippen molar-refractivity contribution in [2.75, 3.05) is 7.11 Å². The molecule has 0 bridgehead atoms. The van der Waals surface area contributed by atoms with E-state index in [2.05, 4.69) is 4.99 Å². The van der Waals surface area contributed by atoms with Crippen molar-refractivity contribution < 1.29 is 14.6 Å². The lowest BCUT2D eigenvalue weighted by molar-refractivity contribution is -0.117. The van der Waals surface area contributed by atoms with Crippen molar-refractivity contribution in [3.8, 4) is 5.75 Å². The van der Waals surface area contributed by atoms with Gasteiger partial charge in [0.25, 0.3) is 0 Å². The van der Waals surface area contributed by atoms with Crippen LogP contribution in [0.25, 0.3) is 5.76 Å². The highest BCUT2D eigenvalue weighted by Gasteiger charge is 2.36. The van der Waals surface area contributed by atoms with Crippen molar-refractivity contribution in [1.29, 1.82) is 0 Å². The SMILES string of the molecule is COc1ccc(N=C2CC(C)(C)CC(=O)/C2=C(/O)c2ccccc2)cc1. The van der Waals surface area contributed by atoms with Crippen LogP contribution in [-0.4, -0.2) is 23.7 Å². The first-order valence-corrected chi connectivity index (χ1v) is 8.63. The Hall–Kier alpha value is -2.88. The van der Waals surface area contributed by atoms with Gasteiger partial charge in [0.2, 0.25) is 0 Å². The molecule has 0 spiro atoms. The smallest absolute Gasteiger partial charge is 0.169 e. The van der Waals surface area contributed by atoms with Crippen molar-refractivity contribution in [3.63, 3.8) is 0 Å². The second-order valence-electron chi connectivity index (χ2n) is 7.29. The zero-order valence-corrected chi connectivity index (χ0v) is 15.3. The van der Waals surface area contributed by atoms with Crippen LogP contribution in [0.15, 0.2) is 65.2 Å². The summed E-state index contributed by atoms with van der Waals surface area (Å²) >= 11 is 0. The number of methoxy groups -OCH3 is 1. The van der Waals surface area contributed by atoms with Crippen LogP contribution in [0.4, 0.5) is 5.69 Å². The van der Waals surface area contributed by atoms with Gasteiger partial charge in [-0.15, -0.1) is 0 Å². The summed E-state index contributed by atoms with van der Waals surface area (Å²) in [6.07, 6.45) is 1.01. The number of hydrogen-bond donors (Lipinski definition) is 1. The van der Waals surface area contributed by atoms with Gasteiger partial charge in [-0.3, -0.25) is 9.79 Å². The number of carbonyl (C=O) groups excluding carboxylic acids is 1. The van der Waals surface area contributed by atoms with Crippen LogP contribution < -0.4 is 4.74 Å². The fraction of sp³-hybridized carbons (Fsp3) is 0.273. The molecule has 3 rings (SSSR count). The average molecular weight is 349 g/mol. The normalized spacial score (nSPS) is 20.1. The summed E-state index contributed by atoms with van der Waals surface area (Å²) in [5, 5.41) is 10.8. The Balaban J connectivity index is 2.10. The van der Waals surface area contributed by atoms with E-state index in [-0.39, 0.29) is 17.0 Å².